The summed E-state index contributed by atoms with van der Waals surface area (Å²) >= 11 is 5.81. The summed E-state index contributed by atoms with van der Waals surface area (Å²) in [6, 6.07) is 4.26. The lowest BCUT2D eigenvalue weighted by Crippen LogP contribution is -2.09. The zero-order valence-electron chi connectivity index (χ0n) is 13.8. The zero-order valence-corrected chi connectivity index (χ0v) is 14.5. The van der Waals surface area contributed by atoms with Crippen LogP contribution in [0.5, 0.6) is 0 Å². The van der Waals surface area contributed by atoms with E-state index in [2.05, 4.69) is 25.3 Å². The SMILES string of the molecule is NCCCc1nc(Nc2ccc(F)c(Cl)c2)nc(N)c1-c1cncnc1. The minimum Gasteiger partial charge on any atom is -0.383 e. The first-order valence-electron chi connectivity index (χ1n) is 7.92. The van der Waals surface area contributed by atoms with E-state index < -0.39 is 5.82 Å². The van der Waals surface area contributed by atoms with Gasteiger partial charge in [-0.25, -0.2) is 19.3 Å². The van der Waals surface area contributed by atoms with Crippen LogP contribution in [-0.2, 0) is 6.42 Å². The average Bonchev–Trinajstić information content (AvgIpc) is 2.63. The Morgan fingerprint density at radius 1 is 1.15 bits per heavy atom. The molecule has 134 valence electrons. The Balaban J connectivity index is 1.99. The molecule has 9 heteroatoms. The van der Waals surface area contributed by atoms with Gasteiger partial charge in [0.1, 0.15) is 18.0 Å². The van der Waals surface area contributed by atoms with Crippen molar-refractivity contribution in [1.29, 1.82) is 0 Å². The fourth-order valence-electron chi connectivity index (χ4n) is 2.48. The van der Waals surface area contributed by atoms with Crippen molar-refractivity contribution < 1.29 is 4.39 Å². The second kappa shape index (κ2) is 8.03. The number of anilines is 3. The van der Waals surface area contributed by atoms with Gasteiger partial charge >= 0.3 is 0 Å². The Morgan fingerprint density at radius 2 is 1.92 bits per heavy atom. The van der Waals surface area contributed by atoms with Crippen LogP contribution in [0.15, 0.2) is 36.9 Å². The van der Waals surface area contributed by atoms with Gasteiger partial charge in [-0.15, -0.1) is 0 Å². The van der Waals surface area contributed by atoms with E-state index in [0.717, 1.165) is 17.7 Å². The first-order chi connectivity index (χ1) is 12.6. The maximum absolute atomic E-state index is 13.3. The molecule has 0 aliphatic rings. The summed E-state index contributed by atoms with van der Waals surface area (Å²) in [7, 11) is 0. The van der Waals surface area contributed by atoms with E-state index in [4.69, 9.17) is 23.1 Å². The van der Waals surface area contributed by atoms with Crippen molar-refractivity contribution in [2.45, 2.75) is 12.8 Å². The Labute approximate surface area is 154 Å². The number of halogens is 2. The van der Waals surface area contributed by atoms with Crippen LogP contribution in [0, 0.1) is 5.82 Å². The van der Waals surface area contributed by atoms with Crippen molar-refractivity contribution in [2.24, 2.45) is 5.73 Å². The van der Waals surface area contributed by atoms with Gasteiger partial charge in [0.15, 0.2) is 0 Å². The molecule has 0 aliphatic heterocycles. The molecule has 0 amide bonds. The normalized spacial score (nSPS) is 10.7. The van der Waals surface area contributed by atoms with E-state index in [9.17, 15) is 4.39 Å². The van der Waals surface area contributed by atoms with Gasteiger partial charge in [0.25, 0.3) is 0 Å². The van der Waals surface area contributed by atoms with E-state index in [1.807, 2.05) is 0 Å². The van der Waals surface area contributed by atoms with Crippen molar-refractivity contribution in [3.8, 4) is 11.1 Å². The van der Waals surface area contributed by atoms with Crippen LogP contribution in [0.3, 0.4) is 0 Å². The molecule has 0 saturated heterocycles. The Kier molecular flexibility index (Phi) is 5.55. The number of hydrogen-bond acceptors (Lipinski definition) is 7. The van der Waals surface area contributed by atoms with Crippen molar-refractivity contribution in [3.63, 3.8) is 0 Å². The smallest absolute Gasteiger partial charge is 0.229 e. The molecule has 0 fully saturated rings. The van der Waals surface area contributed by atoms with E-state index in [-0.39, 0.29) is 16.8 Å². The van der Waals surface area contributed by atoms with E-state index in [1.165, 1.54) is 18.5 Å². The Bertz CT molecular complexity index is 905. The lowest BCUT2D eigenvalue weighted by Gasteiger charge is -2.14. The van der Waals surface area contributed by atoms with Gasteiger partial charge in [-0.1, -0.05) is 11.6 Å². The summed E-state index contributed by atoms with van der Waals surface area (Å²) in [5.41, 5.74) is 14.5. The molecule has 0 spiro atoms. The third-order valence-electron chi connectivity index (χ3n) is 3.65. The maximum atomic E-state index is 13.3. The van der Waals surface area contributed by atoms with E-state index >= 15 is 0 Å². The molecule has 0 radical (unpaired) electrons. The predicted octanol–water partition coefficient (Wildman–Crippen LogP) is 2.94. The molecule has 5 N–H and O–H groups in total. The molecule has 2 aromatic heterocycles. The summed E-state index contributed by atoms with van der Waals surface area (Å²) < 4.78 is 13.3. The number of nitrogens with zero attached hydrogens (tertiary/aromatic N) is 4. The molecule has 3 aromatic rings. The molecule has 0 saturated carbocycles. The van der Waals surface area contributed by atoms with Crippen LogP contribution < -0.4 is 16.8 Å². The molecule has 7 nitrogen and oxygen atoms in total. The van der Waals surface area contributed by atoms with Crippen molar-refractivity contribution in [2.75, 3.05) is 17.6 Å². The molecular weight excluding hydrogens is 357 g/mol. The van der Waals surface area contributed by atoms with Gasteiger partial charge in [0.05, 0.1) is 10.7 Å². The van der Waals surface area contributed by atoms with Gasteiger partial charge < -0.3 is 16.8 Å². The van der Waals surface area contributed by atoms with Crippen molar-refractivity contribution in [3.05, 3.63) is 53.5 Å². The molecule has 3 rings (SSSR count). The lowest BCUT2D eigenvalue weighted by molar-refractivity contribution is 0.628. The van der Waals surface area contributed by atoms with Crippen molar-refractivity contribution >= 4 is 29.1 Å². The summed E-state index contributed by atoms with van der Waals surface area (Å²) in [6.45, 7) is 0.519. The first-order valence-corrected chi connectivity index (χ1v) is 8.30. The summed E-state index contributed by atoms with van der Waals surface area (Å²) in [6.07, 6.45) is 6.10. The number of hydrogen-bond donors (Lipinski definition) is 3. The standard InChI is InChI=1S/C17H17ClFN7/c18-12-6-11(3-4-13(12)19)24-17-25-14(2-1-5-20)15(16(21)26-17)10-7-22-9-23-8-10/h3-4,6-9H,1-2,5,20H2,(H3,21,24,25,26). The number of nitrogens with two attached hydrogens (primary N) is 2. The highest BCUT2D eigenvalue weighted by atomic mass is 35.5. The lowest BCUT2D eigenvalue weighted by atomic mass is 10.0. The number of nitrogen functional groups attached to an aromatic ring is 1. The van der Waals surface area contributed by atoms with Crippen molar-refractivity contribution in [1.82, 2.24) is 19.9 Å². The second-order valence-corrected chi connectivity index (χ2v) is 5.93. The quantitative estimate of drug-likeness (QED) is 0.608. The fourth-order valence-corrected chi connectivity index (χ4v) is 2.66. The number of rotatable bonds is 6. The molecule has 0 atom stereocenters. The number of aryl methyl sites for hydroxylation is 1. The molecule has 2 heterocycles. The number of aromatic nitrogens is 4. The molecule has 0 bridgehead atoms. The topological polar surface area (TPSA) is 116 Å². The van der Waals surface area contributed by atoms with Gasteiger partial charge in [-0.05, 0) is 37.6 Å². The highest BCUT2D eigenvalue weighted by Crippen LogP contribution is 2.29. The third-order valence-corrected chi connectivity index (χ3v) is 3.94. The predicted molar refractivity (Wildman–Crippen MR) is 99.5 cm³/mol. The van der Waals surface area contributed by atoms with Crippen LogP contribution in [-0.4, -0.2) is 26.5 Å². The van der Waals surface area contributed by atoms with E-state index in [1.54, 1.807) is 18.5 Å². The van der Waals surface area contributed by atoms with Crippen LogP contribution in [0.4, 0.5) is 21.8 Å². The van der Waals surface area contributed by atoms with Crippen LogP contribution in [0.1, 0.15) is 12.1 Å². The van der Waals surface area contributed by atoms with Gasteiger partial charge in [0, 0.05) is 29.2 Å². The van der Waals surface area contributed by atoms with Crippen LogP contribution in [0.25, 0.3) is 11.1 Å². The number of benzene rings is 1. The van der Waals surface area contributed by atoms with Crippen LogP contribution >= 0.6 is 11.6 Å². The summed E-state index contributed by atoms with van der Waals surface area (Å²) in [4.78, 5) is 16.9. The van der Waals surface area contributed by atoms with Gasteiger partial charge in [-0.2, -0.15) is 4.98 Å². The van der Waals surface area contributed by atoms with Gasteiger partial charge in [-0.3, -0.25) is 0 Å². The molecular formula is C17H17ClFN7. The average molecular weight is 374 g/mol. The Hall–Kier alpha value is -2.84. The largest absolute Gasteiger partial charge is 0.383 e. The highest BCUT2D eigenvalue weighted by Gasteiger charge is 2.15. The minimum atomic E-state index is -0.499. The zero-order chi connectivity index (χ0) is 18.5. The Morgan fingerprint density at radius 3 is 2.62 bits per heavy atom. The summed E-state index contributed by atoms with van der Waals surface area (Å²) in [5.74, 6) is 0.0797. The highest BCUT2D eigenvalue weighted by molar-refractivity contribution is 6.31. The maximum Gasteiger partial charge on any atom is 0.229 e. The third kappa shape index (κ3) is 4.04. The second-order valence-electron chi connectivity index (χ2n) is 5.53. The monoisotopic (exact) mass is 373 g/mol. The molecule has 0 aliphatic carbocycles. The number of nitrogens with one attached hydrogen (secondary N) is 1. The molecule has 1 aromatic carbocycles. The fraction of sp³-hybridized carbons (Fsp3) is 0.176. The molecule has 26 heavy (non-hydrogen) atoms. The first kappa shape index (κ1) is 18.0. The summed E-state index contributed by atoms with van der Waals surface area (Å²) in [5, 5.41) is 3.00. The minimum absolute atomic E-state index is 0.00406. The van der Waals surface area contributed by atoms with E-state index in [0.29, 0.717) is 24.2 Å². The molecule has 0 unspecified atom stereocenters. The van der Waals surface area contributed by atoms with Crippen LogP contribution in [0.2, 0.25) is 5.02 Å². The van der Waals surface area contributed by atoms with Gasteiger partial charge in [0.2, 0.25) is 5.95 Å².